The molecule has 1 saturated heterocycles. The van der Waals surface area contributed by atoms with Gasteiger partial charge in [-0.3, -0.25) is 14.7 Å². The number of piperazine rings is 1. The molecule has 166 valence electrons. The van der Waals surface area contributed by atoms with Crippen LogP contribution in [0.2, 0.25) is 0 Å². The van der Waals surface area contributed by atoms with Crippen molar-refractivity contribution in [3.63, 3.8) is 0 Å². The van der Waals surface area contributed by atoms with E-state index in [0.717, 1.165) is 56.7 Å². The molecular formula is C24H23F3N4O. The summed E-state index contributed by atoms with van der Waals surface area (Å²) in [6.45, 7) is 4.70. The monoisotopic (exact) mass is 440 g/mol. The number of rotatable bonds is 5. The Kier molecular flexibility index (Phi) is 6.41. The van der Waals surface area contributed by atoms with Gasteiger partial charge in [-0.25, -0.2) is 0 Å². The predicted octanol–water partition coefficient (Wildman–Crippen LogP) is 4.67. The fourth-order valence-corrected chi connectivity index (χ4v) is 3.66. The summed E-state index contributed by atoms with van der Waals surface area (Å²) in [5.41, 5.74) is 1.99. The number of hydrogen-bond donors (Lipinski definition) is 1. The first-order chi connectivity index (χ1) is 15.4. The molecule has 0 aliphatic carbocycles. The van der Waals surface area contributed by atoms with Gasteiger partial charge in [0.2, 0.25) is 0 Å². The standard InChI is InChI=1S/C24H23F3N4O/c25-24(26,27)22-11-6-19(16-28-22)23(32)29-20-7-9-21(10-8-20)31-14-12-30(13-15-31)17-18-4-2-1-3-5-18/h1-11,16H,12-15,17H2,(H,29,32). The third kappa shape index (κ3) is 5.45. The van der Waals surface area contributed by atoms with Crippen LogP contribution in [-0.4, -0.2) is 42.0 Å². The molecule has 8 heteroatoms. The Labute approximate surface area is 184 Å². The number of carbonyl (C=O) groups excluding carboxylic acids is 1. The first-order valence-electron chi connectivity index (χ1n) is 10.3. The molecule has 0 spiro atoms. The molecule has 0 unspecified atom stereocenters. The van der Waals surface area contributed by atoms with Crippen LogP contribution in [0.5, 0.6) is 0 Å². The van der Waals surface area contributed by atoms with Crippen LogP contribution >= 0.6 is 0 Å². The summed E-state index contributed by atoms with van der Waals surface area (Å²) >= 11 is 0. The first kappa shape index (κ1) is 21.8. The van der Waals surface area contributed by atoms with Crippen molar-refractivity contribution in [3.05, 3.63) is 89.7 Å². The summed E-state index contributed by atoms with van der Waals surface area (Å²) in [4.78, 5) is 20.4. The second-order valence-corrected chi connectivity index (χ2v) is 7.68. The Morgan fingerprint density at radius 3 is 2.19 bits per heavy atom. The zero-order chi connectivity index (χ0) is 22.6. The van der Waals surface area contributed by atoms with E-state index < -0.39 is 17.8 Å². The molecule has 4 rings (SSSR count). The third-order valence-electron chi connectivity index (χ3n) is 5.43. The smallest absolute Gasteiger partial charge is 0.369 e. The summed E-state index contributed by atoms with van der Waals surface area (Å²) < 4.78 is 37.8. The Balaban J connectivity index is 1.30. The highest BCUT2D eigenvalue weighted by Gasteiger charge is 2.32. The Morgan fingerprint density at radius 2 is 1.59 bits per heavy atom. The van der Waals surface area contributed by atoms with E-state index in [9.17, 15) is 18.0 Å². The highest BCUT2D eigenvalue weighted by atomic mass is 19.4. The van der Waals surface area contributed by atoms with E-state index in [-0.39, 0.29) is 5.56 Å². The lowest BCUT2D eigenvalue weighted by Crippen LogP contribution is -2.45. The number of aromatic nitrogens is 1. The number of benzene rings is 2. The number of anilines is 2. The normalized spacial score (nSPS) is 14.9. The first-order valence-corrected chi connectivity index (χ1v) is 10.3. The molecule has 1 aliphatic rings. The van der Waals surface area contributed by atoms with E-state index in [0.29, 0.717) is 5.69 Å². The van der Waals surface area contributed by atoms with E-state index in [2.05, 4.69) is 44.4 Å². The van der Waals surface area contributed by atoms with Gasteiger partial charge >= 0.3 is 6.18 Å². The topological polar surface area (TPSA) is 48.5 Å². The van der Waals surface area contributed by atoms with Crippen LogP contribution in [-0.2, 0) is 12.7 Å². The van der Waals surface area contributed by atoms with Gasteiger partial charge in [0, 0.05) is 50.3 Å². The molecule has 0 saturated carbocycles. The maximum atomic E-state index is 12.6. The zero-order valence-corrected chi connectivity index (χ0v) is 17.3. The largest absolute Gasteiger partial charge is 0.433 e. The number of nitrogens with zero attached hydrogens (tertiary/aromatic N) is 3. The number of hydrogen-bond acceptors (Lipinski definition) is 4. The fraction of sp³-hybridized carbons (Fsp3) is 0.250. The molecule has 1 fully saturated rings. The van der Waals surface area contributed by atoms with Crippen molar-refractivity contribution in [2.75, 3.05) is 36.4 Å². The SMILES string of the molecule is O=C(Nc1ccc(N2CCN(Cc3ccccc3)CC2)cc1)c1ccc(C(F)(F)F)nc1. The molecular weight excluding hydrogens is 417 g/mol. The minimum atomic E-state index is -4.53. The number of alkyl halides is 3. The average molecular weight is 440 g/mol. The van der Waals surface area contributed by atoms with Gasteiger partial charge in [-0.05, 0) is 42.0 Å². The van der Waals surface area contributed by atoms with Gasteiger partial charge in [0.15, 0.2) is 0 Å². The van der Waals surface area contributed by atoms with E-state index >= 15 is 0 Å². The predicted molar refractivity (Wildman–Crippen MR) is 118 cm³/mol. The van der Waals surface area contributed by atoms with Crippen LogP contribution in [0.3, 0.4) is 0 Å². The fourth-order valence-electron chi connectivity index (χ4n) is 3.66. The van der Waals surface area contributed by atoms with Gasteiger partial charge < -0.3 is 10.2 Å². The van der Waals surface area contributed by atoms with Crippen molar-refractivity contribution in [2.24, 2.45) is 0 Å². The number of halogens is 3. The van der Waals surface area contributed by atoms with Gasteiger partial charge in [-0.2, -0.15) is 13.2 Å². The summed E-state index contributed by atoms with van der Waals surface area (Å²) in [5, 5.41) is 2.69. The van der Waals surface area contributed by atoms with Gasteiger partial charge in [0.1, 0.15) is 5.69 Å². The van der Waals surface area contributed by atoms with Crippen molar-refractivity contribution in [2.45, 2.75) is 12.7 Å². The van der Waals surface area contributed by atoms with Crippen molar-refractivity contribution >= 4 is 17.3 Å². The molecule has 1 amide bonds. The van der Waals surface area contributed by atoms with Crippen molar-refractivity contribution in [1.82, 2.24) is 9.88 Å². The molecule has 1 aliphatic heterocycles. The molecule has 0 atom stereocenters. The number of amides is 1. The molecule has 32 heavy (non-hydrogen) atoms. The van der Waals surface area contributed by atoms with Crippen LogP contribution in [0.1, 0.15) is 21.6 Å². The number of nitrogens with one attached hydrogen (secondary N) is 1. The van der Waals surface area contributed by atoms with Crippen molar-refractivity contribution < 1.29 is 18.0 Å². The summed E-state index contributed by atoms with van der Waals surface area (Å²) in [6, 6.07) is 19.8. The van der Waals surface area contributed by atoms with Crippen molar-refractivity contribution in [1.29, 1.82) is 0 Å². The van der Waals surface area contributed by atoms with Crippen LogP contribution in [0.4, 0.5) is 24.5 Å². The maximum Gasteiger partial charge on any atom is 0.433 e. The summed E-state index contributed by atoms with van der Waals surface area (Å²) in [6.07, 6.45) is -3.60. The van der Waals surface area contributed by atoms with Crippen LogP contribution in [0.15, 0.2) is 72.9 Å². The van der Waals surface area contributed by atoms with Crippen LogP contribution in [0, 0.1) is 0 Å². The van der Waals surface area contributed by atoms with E-state index in [4.69, 9.17) is 0 Å². The minimum absolute atomic E-state index is 0.0663. The molecule has 0 radical (unpaired) electrons. The van der Waals surface area contributed by atoms with Crippen LogP contribution in [0.25, 0.3) is 0 Å². The van der Waals surface area contributed by atoms with Gasteiger partial charge in [0.05, 0.1) is 5.56 Å². The Bertz CT molecular complexity index is 1030. The lowest BCUT2D eigenvalue weighted by Gasteiger charge is -2.36. The molecule has 1 aromatic heterocycles. The molecule has 2 aromatic carbocycles. The Hall–Kier alpha value is -3.39. The van der Waals surface area contributed by atoms with Gasteiger partial charge in [0.25, 0.3) is 5.91 Å². The highest BCUT2D eigenvalue weighted by Crippen LogP contribution is 2.27. The van der Waals surface area contributed by atoms with Crippen molar-refractivity contribution in [3.8, 4) is 0 Å². The van der Waals surface area contributed by atoms with E-state index in [1.165, 1.54) is 5.56 Å². The van der Waals surface area contributed by atoms with Gasteiger partial charge in [-0.15, -0.1) is 0 Å². The van der Waals surface area contributed by atoms with Crippen LogP contribution < -0.4 is 10.2 Å². The van der Waals surface area contributed by atoms with E-state index in [1.54, 1.807) is 12.1 Å². The highest BCUT2D eigenvalue weighted by molar-refractivity contribution is 6.04. The average Bonchev–Trinajstić information content (AvgIpc) is 2.80. The third-order valence-corrected chi connectivity index (χ3v) is 5.43. The second kappa shape index (κ2) is 9.40. The zero-order valence-electron chi connectivity index (χ0n) is 17.3. The lowest BCUT2D eigenvalue weighted by atomic mass is 10.2. The number of carbonyl (C=O) groups is 1. The minimum Gasteiger partial charge on any atom is -0.369 e. The lowest BCUT2D eigenvalue weighted by molar-refractivity contribution is -0.141. The Morgan fingerprint density at radius 1 is 0.906 bits per heavy atom. The van der Waals surface area contributed by atoms with E-state index in [1.807, 2.05) is 18.2 Å². The molecule has 2 heterocycles. The molecule has 1 N–H and O–H groups in total. The number of pyridine rings is 1. The summed E-state index contributed by atoms with van der Waals surface area (Å²) in [7, 11) is 0. The maximum absolute atomic E-state index is 12.6. The molecule has 3 aromatic rings. The molecule has 5 nitrogen and oxygen atoms in total. The van der Waals surface area contributed by atoms with Gasteiger partial charge in [-0.1, -0.05) is 30.3 Å². The second-order valence-electron chi connectivity index (χ2n) is 7.68. The summed E-state index contributed by atoms with van der Waals surface area (Å²) in [5.74, 6) is -0.506. The quantitative estimate of drug-likeness (QED) is 0.626. The molecule has 0 bridgehead atoms.